The molecule has 0 aliphatic rings. The molecule has 1 aromatic carbocycles. The van der Waals surface area contributed by atoms with Gasteiger partial charge in [0.25, 0.3) is 0 Å². The first-order valence-electron chi connectivity index (χ1n) is 4.84. The van der Waals surface area contributed by atoms with Gasteiger partial charge in [-0.25, -0.2) is 9.97 Å². The van der Waals surface area contributed by atoms with Crippen LogP contribution in [0.15, 0.2) is 24.3 Å². The number of rotatable bonds is 1. The zero-order valence-electron chi connectivity index (χ0n) is 8.96. The summed E-state index contributed by atoms with van der Waals surface area (Å²) in [6.07, 6.45) is 0. The van der Waals surface area contributed by atoms with Crippen molar-refractivity contribution in [1.82, 2.24) is 9.97 Å². The highest BCUT2D eigenvalue weighted by molar-refractivity contribution is 6.36. The molecule has 0 amide bonds. The quantitative estimate of drug-likeness (QED) is 0.765. The maximum Gasteiger partial charge on any atom is 0.126 e. The molecule has 0 spiro atoms. The van der Waals surface area contributed by atoms with Crippen molar-refractivity contribution in [3.8, 4) is 11.3 Å². The summed E-state index contributed by atoms with van der Waals surface area (Å²) >= 11 is 12.0. The second-order valence-electron chi connectivity index (χ2n) is 3.57. The molecule has 1 aromatic heterocycles. The van der Waals surface area contributed by atoms with E-state index in [1.807, 2.05) is 26.0 Å². The van der Waals surface area contributed by atoms with Crippen LogP contribution in [0.5, 0.6) is 0 Å². The minimum atomic E-state index is 0.602. The maximum atomic E-state index is 6.12. The van der Waals surface area contributed by atoms with Crippen LogP contribution in [0.1, 0.15) is 11.5 Å². The van der Waals surface area contributed by atoms with E-state index in [0.29, 0.717) is 10.0 Å². The Bertz CT molecular complexity index is 518. The standard InChI is InChI=1S/C12H10Cl2N2/c1-7-5-12(16-8(2)15-7)10-4-3-9(13)6-11(10)14/h3-6H,1-2H3. The van der Waals surface area contributed by atoms with Crippen LogP contribution in [0.2, 0.25) is 10.0 Å². The van der Waals surface area contributed by atoms with Gasteiger partial charge in [-0.3, -0.25) is 0 Å². The lowest BCUT2D eigenvalue weighted by Gasteiger charge is -2.06. The fourth-order valence-corrected chi connectivity index (χ4v) is 2.06. The van der Waals surface area contributed by atoms with Crippen molar-refractivity contribution in [2.24, 2.45) is 0 Å². The largest absolute Gasteiger partial charge is 0.239 e. The molecule has 0 radical (unpaired) electrons. The molecule has 0 saturated carbocycles. The molecule has 1 heterocycles. The smallest absolute Gasteiger partial charge is 0.126 e. The molecule has 0 bridgehead atoms. The van der Waals surface area contributed by atoms with Crippen LogP contribution in [0.3, 0.4) is 0 Å². The SMILES string of the molecule is Cc1cc(-c2ccc(Cl)cc2Cl)nc(C)n1. The molecule has 0 atom stereocenters. The highest BCUT2D eigenvalue weighted by atomic mass is 35.5. The number of nitrogens with zero attached hydrogens (tertiary/aromatic N) is 2. The van der Waals surface area contributed by atoms with Crippen LogP contribution in [0, 0.1) is 13.8 Å². The first-order chi connectivity index (χ1) is 7.56. The Morgan fingerprint density at radius 2 is 1.75 bits per heavy atom. The lowest BCUT2D eigenvalue weighted by molar-refractivity contribution is 1.02. The first-order valence-corrected chi connectivity index (χ1v) is 5.59. The average molecular weight is 253 g/mol. The summed E-state index contributed by atoms with van der Waals surface area (Å²) in [6.45, 7) is 3.79. The Hall–Kier alpha value is -1.12. The van der Waals surface area contributed by atoms with Crippen molar-refractivity contribution in [1.29, 1.82) is 0 Å². The Balaban J connectivity index is 2.58. The molecule has 0 saturated heterocycles. The van der Waals surface area contributed by atoms with Crippen LogP contribution >= 0.6 is 23.2 Å². The van der Waals surface area contributed by atoms with E-state index < -0.39 is 0 Å². The van der Waals surface area contributed by atoms with Crippen LogP contribution in [0.25, 0.3) is 11.3 Å². The van der Waals surface area contributed by atoms with Gasteiger partial charge in [-0.1, -0.05) is 23.2 Å². The maximum absolute atomic E-state index is 6.12. The van der Waals surface area contributed by atoms with Crippen molar-refractivity contribution in [2.45, 2.75) is 13.8 Å². The predicted molar refractivity (Wildman–Crippen MR) is 67.0 cm³/mol. The number of hydrogen-bond donors (Lipinski definition) is 0. The van der Waals surface area contributed by atoms with Gasteiger partial charge in [-0.15, -0.1) is 0 Å². The zero-order valence-corrected chi connectivity index (χ0v) is 10.5. The van der Waals surface area contributed by atoms with E-state index in [1.54, 1.807) is 12.1 Å². The molecular weight excluding hydrogens is 243 g/mol. The topological polar surface area (TPSA) is 25.8 Å². The molecule has 0 aliphatic heterocycles. The van der Waals surface area contributed by atoms with Gasteiger partial charge < -0.3 is 0 Å². The third kappa shape index (κ3) is 2.34. The van der Waals surface area contributed by atoms with Gasteiger partial charge in [0.1, 0.15) is 5.82 Å². The van der Waals surface area contributed by atoms with Gasteiger partial charge in [-0.05, 0) is 38.1 Å². The average Bonchev–Trinajstić information content (AvgIpc) is 2.15. The highest BCUT2D eigenvalue weighted by Gasteiger charge is 2.07. The summed E-state index contributed by atoms with van der Waals surface area (Å²) < 4.78 is 0. The van der Waals surface area contributed by atoms with Gasteiger partial charge in [0, 0.05) is 16.3 Å². The lowest BCUT2D eigenvalue weighted by Crippen LogP contribution is -1.94. The lowest BCUT2D eigenvalue weighted by atomic mass is 10.1. The molecule has 82 valence electrons. The fraction of sp³-hybridized carbons (Fsp3) is 0.167. The molecular formula is C12H10Cl2N2. The third-order valence-corrected chi connectivity index (χ3v) is 2.72. The Morgan fingerprint density at radius 3 is 2.38 bits per heavy atom. The summed E-state index contributed by atoms with van der Waals surface area (Å²) in [5.41, 5.74) is 2.62. The van der Waals surface area contributed by atoms with E-state index in [9.17, 15) is 0 Å². The van der Waals surface area contributed by atoms with Crippen molar-refractivity contribution < 1.29 is 0 Å². The number of benzene rings is 1. The van der Waals surface area contributed by atoms with Gasteiger partial charge in [0.2, 0.25) is 0 Å². The van der Waals surface area contributed by atoms with Crippen molar-refractivity contribution in [3.05, 3.63) is 45.8 Å². The number of aromatic nitrogens is 2. The van der Waals surface area contributed by atoms with Gasteiger partial charge in [0.05, 0.1) is 10.7 Å². The molecule has 2 nitrogen and oxygen atoms in total. The van der Waals surface area contributed by atoms with Gasteiger partial charge in [0.15, 0.2) is 0 Å². The number of hydrogen-bond acceptors (Lipinski definition) is 2. The number of aryl methyl sites for hydroxylation is 2. The predicted octanol–water partition coefficient (Wildman–Crippen LogP) is 4.07. The number of halogens is 2. The van der Waals surface area contributed by atoms with Crippen molar-refractivity contribution >= 4 is 23.2 Å². The van der Waals surface area contributed by atoms with Gasteiger partial charge >= 0.3 is 0 Å². The zero-order chi connectivity index (χ0) is 11.7. The van der Waals surface area contributed by atoms with Crippen molar-refractivity contribution in [2.75, 3.05) is 0 Å². The summed E-state index contributed by atoms with van der Waals surface area (Å²) in [6, 6.07) is 7.29. The summed E-state index contributed by atoms with van der Waals surface area (Å²) in [5, 5.41) is 1.22. The van der Waals surface area contributed by atoms with Crippen LogP contribution < -0.4 is 0 Å². The molecule has 0 unspecified atom stereocenters. The summed E-state index contributed by atoms with van der Waals surface area (Å²) in [5.74, 6) is 0.737. The normalized spacial score (nSPS) is 10.5. The molecule has 0 aliphatic carbocycles. The Morgan fingerprint density at radius 1 is 1.00 bits per heavy atom. The molecule has 2 aromatic rings. The van der Waals surface area contributed by atoms with Crippen LogP contribution in [-0.2, 0) is 0 Å². The molecule has 16 heavy (non-hydrogen) atoms. The van der Waals surface area contributed by atoms with E-state index in [1.165, 1.54) is 0 Å². The van der Waals surface area contributed by atoms with E-state index in [4.69, 9.17) is 23.2 Å². The van der Waals surface area contributed by atoms with E-state index in [0.717, 1.165) is 22.8 Å². The van der Waals surface area contributed by atoms with Crippen LogP contribution in [0.4, 0.5) is 0 Å². The second kappa shape index (κ2) is 4.40. The van der Waals surface area contributed by atoms with E-state index in [-0.39, 0.29) is 0 Å². The monoisotopic (exact) mass is 252 g/mol. The van der Waals surface area contributed by atoms with E-state index >= 15 is 0 Å². The van der Waals surface area contributed by atoms with Crippen molar-refractivity contribution in [3.63, 3.8) is 0 Å². The molecule has 0 N–H and O–H groups in total. The summed E-state index contributed by atoms with van der Waals surface area (Å²) in [7, 11) is 0. The molecule has 0 fully saturated rings. The fourth-order valence-electron chi connectivity index (χ4n) is 1.55. The molecule has 4 heteroatoms. The van der Waals surface area contributed by atoms with Gasteiger partial charge in [-0.2, -0.15) is 0 Å². The van der Waals surface area contributed by atoms with E-state index in [2.05, 4.69) is 9.97 Å². The third-order valence-electron chi connectivity index (χ3n) is 2.17. The van der Waals surface area contributed by atoms with Crippen LogP contribution in [-0.4, -0.2) is 9.97 Å². The minimum absolute atomic E-state index is 0.602. The molecule has 2 rings (SSSR count). The highest BCUT2D eigenvalue weighted by Crippen LogP contribution is 2.29. The second-order valence-corrected chi connectivity index (χ2v) is 4.41. The summed E-state index contributed by atoms with van der Waals surface area (Å²) in [4.78, 5) is 8.58. The minimum Gasteiger partial charge on any atom is -0.239 e. The Labute approximate surface area is 104 Å². The Kier molecular flexibility index (Phi) is 3.13. The first kappa shape index (κ1) is 11.4.